The summed E-state index contributed by atoms with van der Waals surface area (Å²) in [6.45, 7) is 1.06. The first-order chi connectivity index (χ1) is 16.4. The molecule has 10 nitrogen and oxygen atoms in total. The van der Waals surface area contributed by atoms with Gasteiger partial charge in [0.25, 0.3) is 5.91 Å². The molecule has 11 heteroatoms. The van der Waals surface area contributed by atoms with Crippen LogP contribution in [0.1, 0.15) is 36.0 Å². The Balaban J connectivity index is 1.14. The smallest absolute Gasteiger partial charge is 0.271 e. The molecule has 2 heterocycles. The largest absolute Gasteiger partial charge is 0.486 e. The molecule has 1 aliphatic heterocycles. The van der Waals surface area contributed by atoms with Crippen LogP contribution in [0.3, 0.4) is 0 Å². The van der Waals surface area contributed by atoms with Crippen molar-refractivity contribution in [2.24, 2.45) is 0 Å². The van der Waals surface area contributed by atoms with Crippen molar-refractivity contribution in [3.8, 4) is 11.5 Å². The summed E-state index contributed by atoms with van der Waals surface area (Å²) in [7, 11) is -3.67. The predicted octanol–water partition coefficient (Wildman–Crippen LogP) is 2.24. The monoisotopic (exact) mass is 486 g/mol. The van der Waals surface area contributed by atoms with Crippen LogP contribution in [-0.2, 0) is 14.8 Å². The molecule has 34 heavy (non-hydrogen) atoms. The molecule has 2 aromatic carbocycles. The van der Waals surface area contributed by atoms with Gasteiger partial charge in [-0.05, 0) is 31.0 Å². The van der Waals surface area contributed by atoms with Crippen molar-refractivity contribution in [3.05, 3.63) is 54.2 Å². The number of rotatable bonds is 9. The van der Waals surface area contributed by atoms with Gasteiger partial charge < -0.3 is 14.5 Å². The van der Waals surface area contributed by atoms with E-state index in [0.29, 0.717) is 49.5 Å². The van der Waals surface area contributed by atoms with Gasteiger partial charge in [-0.15, -0.1) is 0 Å². The number of para-hydroxylation sites is 1. The van der Waals surface area contributed by atoms with Crippen LogP contribution in [0.4, 0.5) is 0 Å². The Morgan fingerprint density at radius 1 is 0.941 bits per heavy atom. The number of hydrogen-bond acceptors (Lipinski definition) is 6. The summed E-state index contributed by atoms with van der Waals surface area (Å²) in [5.74, 6) is 0.224. The van der Waals surface area contributed by atoms with E-state index in [2.05, 4.69) is 20.6 Å². The molecule has 0 radical (unpaired) electrons. The highest BCUT2D eigenvalue weighted by atomic mass is 32.2. The summed E-state index contributed by atoms with van der Waals surface area (Å²) in [6, 6.07) is 11.9. The first-order valence-corrected chi connectivity index (χ1v) is 12.5. The van der Waals surface area contributed by atoms with Crippen molar-refractivity contribution in [1.29, 1.82) is 0 Å². The van der Waals surface area contributed by atoms with Crippen molar-refractivity contribution in [2.75, 3.05) is 19.8 Å². The lowest BCUT2D eigenvalue weighted by Crippen LogP contribution is -2.41. The molecular weight excluding hydrogens is 460 g/mol. The summed E-state index contributed by atoms with van der Waals surface area (Å²) in [6.07, 6.45) is 3.58. The molecule has 0 atom stereocenters. The number of aromatic nitrogens is 1. The summed E-state index contributed by atoms with van der Waals surface area (Å²) >= 11 is 0. The van der Waals surface area contributed by atoms with E-state index in [9.17, 15) is 18.0 Å². The summed E-state index contributed by atoms with van der Waals surface area (Å²) in [5, 5.41) is 0.771. The highest BCUT2D eigenvalue weighted by molar-refractivity contribution is 7.89. The van der Waals surface area contributed by atoms with Gasteiger partial charge in [-0.1, -0.05) is 24.6 Å². The molecule has 2 amide bonds. The van der Waals surface area contributed by atoms with Crippen molar-refractivity contribution in [1.82, 2.24) is 20.6 Å². The van der Waals surface area contributed by atoms with Crippen LogP contribution in [0, 0.1) is 0 Å². The minimum absolute atomic E-state index is 0.113. The van der Waals surface area contributed by atoms with Gasteiger partial charge in [0.15, 0.2) is 11.5 Å². The maximum atomic E-state index is 12.5. The number of ether oxygens (including phenoxy) is 2. The highest BCUT2D eigenvalue weighted by Gasteiger charge is 2.19. The number of unbranched alkanes of at least 4 members (excludes halogenated alkanes) is 2. The first-order valence-electron chi connectivity index (χ1n) is 11.0. The standard InChI is InChI=1S/C23H26N4O6S/c28-22(26-27-23(29)18-15-24-19-7-4-3-6-17(18)19)8-2-1-5-11-25-34(30,31)16-9-10-20-21(14-16)33-13-12-32-20/h3-4,6-7,9-10,14-15,24-25H,1-2,5,8,11-13H2,(H,26,28)(H,27,29). The van der Waals surface area contributed by atoms with E-state index >= 15 is 0 Å². The Hall–Kier alpha value is -3.57. The van der Waals surface area contributed by atoms with Gasteiger partial charge >= 0.3 is 0 Å². The van der Waals surface area contributed by atoms with Crippen LogP contribution in [-0.4, -0.2) is 45.0 Å². The molecule has 0 spiro atoms. The Bertz CT molecular complexity index is 1290. The maximum Gasteiger partial charge on any atom is 0.271 e. The molecule has 0 saturated heterocycles. The molecular formula is C23H26N4O6S. The number of sulfonamides is 1. The van der Waals surface area contributed by atoms with Gasteiger partial charge in [-0.2, -0.15) is 0 Å². The number of nitrogens with one attached hydrogen (secondary N) is 4. The zero-order valence-corrected chi connectivity index (χ0v) is 19.2. The van der Waals surface area contributed by atoms with E-state index in [-0.39, 0.29) is 23.8 Å². The van der Waals surface area contributed by atoms with E-state index in [0.717, 1.165) is 10.9 Å². The molecule has 1 aromatic heterocycles. The van der Waals surface area contributed by atoms with Gasteiger partial charge in [-0.25, -0.2) is 13.1 Å². The van der Waals surface area contributed by atoms with Crippen LogP contribution in [0.25, 0.3) is 10.9 Å². The van der Waals surface area contributed by atoms with Crippen LogP contribution in [0.5, 0.6) is 11.5 Å². The third-order valence-electron chi connectivity index (χ3n) is 5.35. The quantitative estimate of drug-likeness (QED) is 0.270. The SMILES string of the molecule is O=C(CCCCCNS(=O)(=O)c1ccc2c(c1)OCCO2)NNC(=O)c1c[nH]c2ccccc12. The zero-order valence-electron chi connectivity index (χ0n) is 18.4. The molecule has 180 valence electrons. The van der Waals surface area contributed by atoms with Gasteiger partial charge in [0.1, 0.15) is 13.2 Å². The lowest BCUT2D eigenvalue weighted by Gasteiger charge is -2.18. The normalized spacial score (nSPS) is 12.9. The highest BCUT2D eigenvalue weighted by Crippen LogP contribution is 2.32. The fourth-order valence-electron chi connectivity index (χ4n) is 3.58. The van der Waals surface area contributed by atoms with E-state index in [1.54, 1.807) is 12.3 Å². The second kappa shape index (κ2) is 10.6. The first kappa shape index (κ1) is 23.6. The van der Waals surface area contributed by atoms with E-state index in [1.807, 2.05) is 24.3 Å². The van der Waals surface area contributed by atoms with Crippen molar-refractivity contribution in [2.45, 2.75) is 30.6 Å². The fraction of sp³-hybridized carbons (Fsp3) is 0.304. The topological polar surface area (TPSA) is 139 Å². The van der Waals surface area contributed by atoms with Crippen molar-refractivity contribution >= 4 is 32.7 Å². The lowest BCUT2D eigenvalue weighted by atomic mass is 10.2. The zero-order chi connectivity index (χ0) is 24.0. The second-order valence-electron chi connectivity index (χ2n) is 7.76. The molecule has 0 fully saturated rings. The molecule has 0 unspecified atom stereocenters. The van der Waals surface area contributed by atoms with Crippen LogP contribution < -0.4 is 25.0 Å². The summed E-state index contributed by atoms with van der Waals surface area (Å²) in [4.78, 5) is 27.4. The van der Waals surface area contributed by atoms with Crippen LogP contribution >= 0.6 is 0 Å². The van der Waals surface area contributed by atoms with Gasteiger partial charge in [0.05, 0.1) is 10.5 Å². The minimum Gasteiger partial charge on any atom is -0.486 e. The Kier molecular flexibility index (Phi) is 7.33. The van der Waals surface area contributed by atoms with E-state index < -0.39 is 15.9 Å². The molecule has 0 bridgehead atoms. The number of fused-ring (bicyclic) bond motifs is 2. The number of carbonyl (C=O) groups excluding carboxylic acids is 2. The van der Waals surface area contributed by atoms with Gasteiger partial charge in [0, 0.05) is 36.1 Å². The van der Waals surface area contributed by atoms with Crippen molar-refractivity contribution in [3.63, 3.8) is 0 Å². The maximum absolute atomic E-state index is 12.5. The molecule has 4 N–H and O–H groups in total. The lowest BCUT2D eigenvalue weighted by molar-refractivity contribution is -0.122. The number of carbonyl (C=O) groups is 2. The van der Waals surface area contributed by atoms with Gasteiger partial charge in [-0.3, -0.25) is 20.4 Å². The molecule has 4 rings (SSSR count). The van der Waals surface area contributed by atoms with Crippen molar-refractivity contribution < 1.29 is 27.5 Å². The third-order valence-corrected chi connectivity index (χ3v) is 6.80. The average molecular weight is 487 g/mol. The number of amides is 2. The summed E-state index contributed by atoms with van der Waals surface area (Å²) in [5.41, 5.74) is 6.11. The second-order valence-corrected chi connectivity index (χ2v) is 9.53. The Morgan fingerprint density at radius 2 is 1.74 bits per heavy atom. The molecule has 0 aliphatic carbocycles. The molecule has 3 aromatic rings. The average Bonchev–Trinajstić information content (AvgIpc) is 3.28. The molecule has 1 aliphatic rings. The third kappa shape index (κ3) is 5.67. The molecule has 0 saturated carbocycles. The Labute approximate surface area is 197 Å². The van der Waals surface area contributed by atoms with Crippen LogP contribution in [0.15, 0.2) is 53.6 Å². The number of H-pyrrole nitrogens is 1. The number of aromatic amines is 1. The van der Waals surface area contributed by atoms with E-state index in [1.165, 1.54) is 12.1 Å². The Morgan fingerprint density at radius 3 is 2.59 bits per heavy atom. The van der Waals surface area contributed by atoms with Crippen LogP contribution in [0.2, 0.25) is 0 Å². The predicted molar refractivity (Wildman–Crippen MR) is 125 cm³/mol. The van der Waals surface area contributed by atoms with Gasteiger partial charge in [0.2, 0.25) is 15.9 Å². The fourth-order valence-corrected chi connectivity index (χ4v) is 4.67. The summed E-state index contributed by atoms with van der Waals surface area (Å²) < 4.78 is 38.3. The number of benzene rings is 2. The number of hydrazine groups is 1. The minimum atomic E-state index is -3.67. The van der Waals surface area contributed by atoms with E-state index in [4.69, 9.17) is 9.47 Å². The number of hydrogen-bond donors (Lipinski definition) is 4.